The minimum Gasteiger partial charge on any atom is -0.497 e. The zero-order valence-corrected chi connectivity index (χ0v) is 14.9. The second-order valence-corrected chi connectivity index (χ2v) is 6.61. The maximum atomic E-state index is 13.8. The lowest BCUT2D eigenvalue weighted by Crippen LogP contribution is -2.39. The molecule has 0 radical (unpaired) electrons. The summed E-state index contributed by atoms with van der Waals surface area (Å²) in [5, 5.41) is 3.45. The number of nitrogens with zero attached hydrogens (tertiary/aromatic N) is 1. The van der Waals surface area contributed by atoms with Crippen LogP contribution in [-0.2, 0) is 6.54 Å². The number of ether oxygens (including phenoxy) is 1. The van der Waals surface area contributed by atoms with Crippen LogP contribution in [0.3, 0.4) is 0 Å². The molecule has 0 bridgehead atoms. The van der Waals surface area contributed by atoms with Gasteiger partial charge in [0.15, 0.2) is 0 Å². The van der Waals surface area contributed by atoms with Crippen LogP contribution in [0.5, 0.6) is 5.75 Å². The lowest BCUT2D eigenvalue weighted by atomic mass is 10.0. The summed E-state index contributed by atoms with van der Waals surface area (Å²) in [7, 11) is 1.69. The quantitative estimate of drug-likeness (QED) is 0.818. The molecule has 1 saturated heterocycles. The van der Waals surface area contributed by atoms with Crippen LogP contribution in [0.25, 0.3) is 0 Å². The highest BCUT2D eigenvalue weighted by atomic mass is 19.1. The van der Waals surface area contributed by atoms with Gasteiger partial charge in [-0.05, 0) is 49.7 Å². The van der Waals surface area contributed by atoms with Crippen LogP contribution in [0.2, 0.25) is 0 Å². The zero-order chi connectivity index (χ0) is 17.5. The van der Waals surface area contributed by atoms with Crippen molar-refractivity contribution in [3.8, 4) is 5.75 Å². The van der Waals surface area contributed by atoms with Gasteiger partial charge >= 0.3 is 0 Å². The molecule has 2 aromatic rings. The summed E-state index contributed by atoms with van der Waals surface area (Å²) in [6, 6.07) is 15.6. The van der Waals surface area contributed by atoms with Crippen molar-refractivity contribution in [2.75, 3.05) is 26.7 Å². The van der Waals surface area contributed by atoms with Crippen LogP contribution >= 0.6 is 0 Å². The van der Waals surface area contributed by atoms with Crippen molar-refractivity contribution in [3.63, 3.8) is 0 Å². The van der Waals surface area contributed by atoms with Crippen molar-refractivity contribution in [1.82, 2.24) is 10.2 Å². The zero-order valence-electron chi connectivity index (χ0n) is 14.9. The Labute approximate surface area is 149 Å². The number of halogens is 1. The molecule has 0 spiro atoms. The molecule has 1 aliphatic rings. The molecule has 1 unspecified atom stereocenters. The van der Waals surface area contributed by atoms with Gasteiger partial charge in [-0.25, -0.2) is 4.39 Å². The number of likely N-dealkylation sites (tertiary alicyclic amines) is 1. The van der Waals surface area contributed by atoms with Gasteiger partial charge < -0.3 is 10.1 Å². The molecule has 0 saturated carbocycles. The minimum atomic E-state index is -0.144. The third kappa shape index (κ3) is 4.80. The number of nitrogens with one attached hydrogen (secondary N) is 1. The van der Waals surface area contributed by atoms with E-state index in [1.807, 2.05) is 24.3 Å². The first kappa shape index (κ1) is 17.9. The first-order valence-corrected chi connectivity index (χ1v) is 9.10. The molecule has 4 heteroatoms. The number of rotatable bonds is 7. The van der Waals surface area contributed by atoms with E-state index in [2.05, 4.69) is 22.3 Å². The third-order valence-electron chi connectivity index (χ3n) is 4.94. The normalized spacial score (nSPS) is 16.6. The molecular weight excluding hydrogens is 315 g/mol. The van der Waals surface area contributed by atoms with Crippen LogP contribution in [0, 0.1) is 5.82 Å². The van der Waals surface area contributed by atoms with E-state index in [0.29, 0.717) is 12.6 Å². The van der Waals surface area contributed by atoms with Crippen molar-refractivity contribution < 1.29 is 9.13 Å². The van der Waals surface area contributed by atoms with Gasteiger partial charge in [0, 0.05) is 24.7 Å². The van der Waals surface area contributed by atoms with E-state index in [1.165, 1.54) is 30.9 Å². The van der Waals surface area contributed by atoms with Crippen LogP contribution in [-0.4, -0.2) is 31.6 Å². The smallest absolute Gasteiger partial charge is 0.127 e. The monoisotopic (exact) mass is 342 g/mol. The SMILES string of the molecule is COc1ccc(C(CNCc2ccccc2F)N2CCCCC2)cc1. The second-order valence-electron chi connectivity index (χ2n) is 6.61. The number of hydrogen-bond donors (Lipinski definition) is 1. The molecule has 0 amide bonds. The Bertz CT molecular complexity index is 653. The summed E-state index contributed by atoms with van der Waals surface area (Å²) < 4.78 is 19.1. The summed E-state index contributed by atoms with van der Waals surface area (Å²) in [6.45, 7) is 3.60. The van der Waals surface area contributed by atoms with Gasteiger partial charge in [0.1, 0.15) is 11.6 Å². The summed E-state index contributed by atoms with van der Waals surface area (Å²) in [6.07, 6.45) is 3.81. The van der Waals surface area contributed by atoms with E-state index < -0.39 is 0 Å². The summed E-state index contributed by atoms with van der Waals surface area (Å²) in [4.78, 5) is 2.54. The van der Waals surface area contributed by atoms with E-state index in [0.717, 1.165) is 30.9 Å². The molecule has 0 aliphatic carbocycles. The maximum absolute atomic E-state index is 13.8. The van der Waals surface area contributed by atoms with Gasteiger partial charge in [-0.15, -0.1) is 0 Å². The highest BCUT2D eigenvalue weighted by Crippen LogP contribution is 2.26. The molecular formula is C21H27FN2O. The predicted molar refractivity (Wildman–Crippen MR) is 99.3 cm³/mol. The lowest BCUT2D eigenvalue weighted by Gasteiger charge is -2.35. The molecule has 0 aromatic heterocycles. The van der Waals surface area contributed by atoms with E-state index in [4.69, 9.17) is 4.74 Å². The highest BCUT2D eigenvalue weighted by molar-refractivity contribution is 5.29. The molecule has 1 atom stereocenters. The van der Waals surface area contributed by atoms with Crippen molar-refractivity contribution >= 4 is 0 Å². The second kappa shape index (κ2) is 8.97. The number of benzene rings is 2. The predicted octanol–water partition coefficient (Wildman–Crippen LogP) is 4.15. The number of piperidine rings is 1. The minimum absolute atomic E-state index is 0.144. The summed E-state index contributed by atoms with van der Waals surface area (Å²) >= 11 is 0. The van der Waals surface area contributed by atoms with Gasteiger partial charge in [-0.1, -0.05) is 36.8 Å². The molecule has 134 valence electrons. The fourth-order valence-corrected chi connectivity index (χ4v) is 3.50. The van der Waals surface area contributed by atoms with Crippen molar-refractivity contribution in [2.45, 2.75) is 31.8 Å². The molecule has 1 fully saturated rings. The number of methoxy groups -OCH3 is 1. The van der Waals surface area contributed by atoms with Crippen molar-refractivity contribution in [1.29, 1.82) is 0 Å². The van der Waals surface area contributed by atoms with E-state index in [1.54, 1.807) is 13.2 Å². The Morgan fingerprint density at radius 1 is 1.04 bits per heavy atom. The lowest BCUT2D eigenvalue weighted by molar-refractivity contribution is 0.160. The topological polar surface area (TPSA) is 24.5 Å². The molecule has 1 heterocycles. The van der Waals surface area contributed by atoms with Gasteiger partial charge in [-0.3, -0.25) is 4.90 Å². The van der Waals surface area contributed by atoms with Crippen LogP contribution < -0.4 is 10.1 Å². The average molecular weight is 342 g/mol. The fraction of sp³-hybridized carbons (Fsp3) is 0.429. The Balaban J connectivity index is 1.68. The largest absolute Gasteiger partial charge is 0.497 e. The Morgan fingerprint density at radius 3 is 2.44 bits per heavy atom. The van der Waals surface area contributed by atoms with Crippen LogP contribution in [0.15, 0.2) is 48.5 Å². The van der Waals surface area contributed by atoms with Gasteiger partial charge in [-0.2, -0.15) is 0 Å². The fourth-order valence-electron chi connectivity index (χ4n) is 3.50. The molecule has 2 aromatic carbocycles. The van der Waals surface area contributed by atoms with Crippen LogP contribution in [0.4, 0.5) is 4.39 Å². The van der Waals surface area contributed by atoms with Crippen LogP contribution in [0.1, 0.15) is 36.4 Å². The first-order valence-electron chi connectivity index (χ1n) is 9.10. The Kier molecular flexibility index (Phi) is 6.42. The summed E-state index contributed by atoms with van der Waals surface area (Å²) in [5.41, 5.74) is 2.00. The van der Waals surface area contributed by atoms with Gasteiger partial charge in [0.25, 0.3) is 0 Å². The van der Waals surface area contributed by atoms with Gasteiger partial charge in [0.05, 0.1) is 7.11 Å². The third-order valence-corrected chi connectivity index (χ3v) is 4.94. The molecule has 3 nitrogen and oxygen atoms in total. The standard InChI is InChI=1S/C21H27FN2O/c1-25-19-11-9-17(10-12-19)21(24-13-5-2-6-14-24)16-23-15-18-7-3-4-8-20(18)22/h3-4,7-12,21,23H,2,5-6,13-16H2,1H3. The maximum Gasteiger partial charge on any atom is 0.127 e. The summed E-state index contributed by atoms with van der Waals surface area (Å²) in [5.74, 6) is 0.731. The number of hydrogen-bond acceptors (Lipinski definition) is 3. The first-order chi connectivity index (χ1) is 12.3. The van der Waals surface area contributed by atoms with E-state index >= 15 is 0 Å². The van der Waals surface area contributed by atoms with E-state index in [9.17, 15) is 4.39 Å². The Hall–Kier alpha value is -1.91. The van der Waals surface area contributed by atoms with E-state index in [-0.39, 0.29) is 5.82 Å². The van der Waals surface area contributed by atoms with Crippen molar-refractivity contribution in [3.05, 3.63) is 65.5 Å². The molecule has 25 heavy (non-hydrogen) atoms. The highest BCUT2D eigenvalue weighted by Gasteiger charge is 2.22. The average Bonchev–Trinajstić information content (AvgIpc) is 2.67. The van der Waals surface area contributed by atoms with Crippen molar-refractivity contribution in [2.24, 2.45) is 0 Å². The van der Waals surface area contributed by atoms with Gasteiger partial charge in [0.2, 0.25) is 0 Å². The Morgan fingerprint density at radius 2 is 1.76 bits per heavy atom. The molecule has 3 rings (SSSR count). The molecule has 1 N–H and O–H groups in total. The molecule has 1 aliphatic heterocycles.